The van der Waals surface area contributed by atoms with Gasteiger partial charge in [0.1, 0.15) is 5.69 Å². The van der Waals surface area contributed by atoms with Crippen molar-refractivity contribution in [2.45, 2.75) is 18.9 Å². The summed E-state index contributed by atoms with van der Waals surface area (Å²) in [6.45, 7) is 1.29. The summed E-state index contributed by atoms with van der Waals surface area (Å²) in [7, 11) is 0. The van der Waals surface area contributed by atoms with Crippen molar-refractivity contribution in [3.63, 3.8) is 0 Å². The first-order valence-electron chi connectivity index (χ1n) is 8.86. The Morgan fingerprint density at radius 3 is 2.70 bits per heavy atom. The van der Waals surface area contributed by atoms with Crippen LogP contribution in [-0.4, -0.2) is 35.4 Å². The molecule has 0 unspecified atom stereocenters. The lowest BCUT2D eigenvalue weighted by molar-refractivity contribution is 0.0857. The quantitative estimate of drug-likeness (QED) is 0.709. The van der Waals surface area contributed by atoms with Crippen molar-refractivity contribution in [3.05, 3.63) is 59.8 Å². The highest BCUT2D eigenvalue weighted by molar-refractivity contribution is 7.13. The number of carbonyl (C=O) groups excluding carboxylic acids is 2. The molecule has 4 rings (SSSR count). The zero-order chi connectivity index (χ0) is 18.6. The van der Waals surface area contributed by atoms with Crippen LogP contribution in [-0.2, 0) is 4.74 Å². The van der Waals surface area contributed by atoms with Crippen molar-refractivity contribution in [2.24, 2.45) is 0 Å². The number of ether oxygens (including phenoxy) is 1. The minimum atomic E-state index is -0.261. The smallest absolute Gasteiger partial charge is 0.276 e. The highest BCUT2D eigenvalue weighted by Crippen LogP contribution is 2.23. The van der Waals surface area contributed by atoms with Crippen molar-refractivity contribution >= 4 is 39.1 Å². The molecule has 1 saturated heterocycles. The molecule has 138 valence electrons. The number of anilines is 1. The van der Waals surface area contributed by atoms with Gasteiger partial charge in [-0.3, -0.25) is 9.59 Å². The molecular formula is C20H19N3O3S. The van der Waals surface area contributed by atoms with Crippen LogP contribution in [0.4, 0.5) is 5.69 Å². The topological polar surface area (TPSA) is 80.3 Å². The Morgan fingerprint density at radius 1 is 1.11 bits per heavy atom. The lowest BCUT2D eigenvalue weighted by atomic mass is 10.1. The fourth-order valence-corrected chi connectivity index (χ4v) is 3.83. The first-order valence-corrected chi connectivity index (χ1v) is 9.64. The highest BCUT2D eigenvalue weighted by atomic mass is 32.1. The van der Waals surface area contributed by atoms with Gasteiger partial charge < -0.3 is 15.4 Å². The molecule has 1 aliphatic rings. The van der Waals surface area contributed by atoms with Crippen molar-refractivity contribution in [2.75, 3.05) is 18.5 Å². The molecule has 2 aromatic carbocycles. The van der Waals surface area contributed by atoms with Gasteiger partial charge in [-0.15, -0.1) is 0 Å². The van der Waals surface area contributed by atoms with E-state index in [1.54, 1.807) is 24.3 Å². The van der Waals surface area contributed by atoms with E-state index in [-0.39, 0.29) is 17.9 Å². The maximum atomic E-state index is 12.5. The second kappa shape index (κ2) is 7.85. The predicted molar refractivity (Wildman–Crippen MR) is 105 cm³/mol. The van der Waals surface area contributed by atoms with E-state index in [1.807, 2.05) is 24.3 Å². The van der Waals surface area contributed by atoms with E-state index in [2.05, 4.69) is 15.0 Å². The first kappa shape index (κ1) is 17.6. The number of hydrogen-bond donors (Lipinski definition) is 2. The average Bonchev–Trinajstić information content (AvgIpc) is 3.36. The van der Waals surface area contributed by atoms with Crippen LogP contribution in [0.25, 0.3) is 10.1 Å². The van der Waals surface area contributed by atoms with E-state index in [0.29, 0.717) is 23.5 Å². The van der Waals surface area contributed by atoms with Gasteiger partial charge in [-0.1, -0.05) is 18.2 Å². The number of nitrogens with one attached hydrogen (secondary N) is 2. The van der Waals surface area contributed by atoms with Gasteiger partial charge in [0.2, 0.25) is 0 Å². The maximum absolute atomic E-state index is 12.5. The highest BCUT2D eigenvalue weighted by Gasteiger charge is 2.17. The summed E-state index contributed by atoms with van der Waals surface area (Å²) in [5.74, 6) is -0.406. The van der Waals surface area contributed by atoms with Crippen LogP contribution in [0.3, 0.4) is 0 Å². The molecule has 0 radical (unpaired) electrons. The molecule has 1 fully saturated rings. The van der Waals surface area contributed by atoms with Crippen LogP contribution in [0.5, 0.6) is 0 Å². The number of rotatable bonds is 5. The summed E-state index contributed by atoms with van der Waals surface area (Å²) in [5.41, 5.74) is 1.58. The third kappa shape index (κ3) is 3.99. The Morgan fingerprint density at radius 2 is 1.93 bits per heavy atom. The van der Waals surface area contributed by atoms with E-state index in [4.69, 9.17) is 4.74 Å². The van der Waals surface area contributed by atoms with Gasteiger partial charge in [-0.05, 0) is 54.7 Å². The molecule has 0 spiro atoms. The van der Waals surface area contributed by atoms with E-state index in [1.165, 1.54) is 11.5 Å². The molecule has 7 heteroatoms. The van der Waals surface area contributed by atoms with Crippen molar-refractivity contribution in [1.29, 1.82) is 0 Å². The number of carbonyl (C=O) groups is 2. The standard InChI is InChI=1S/C20H19N3O3S/c24-19(21-12-15-4-3-11-26-15)13-7-9-14(10-8-13)22-20(25)18-16-5-1-2-6-17(16)27-23-18/h1-2,5-10,15H,3-4,11-12H2,(H,21,24)(H,22,25)/t15-/m1/s1. The monoisotopic (exact) mass is 381 g/mol. The summed E-state index contributed by atoms with van der Waals surface area (Å²) in [5, 5.41) is 6.55. The molecule has 2 N–H and O–H groups in total. The maximum Gasteiger partial charge on any atom is 0.276 e. The molecule has 6 nitrogen and oxygen atoms in total. The summed E-state index contributed by atoms with van der Waals surface area (Å²) in [6.07, 6.45) is 2.14. The molecule has 0 aliphatic carbocycles. The van der Waals surface area contributed by atoms with E-state index in [9.17, 15) is 9.59 Å². The second-order valence-corrected chi connectivity index (χ2v) is 7.21. The summed E-state index contributed by atoms with van der Waals surface area (Å²) >= 11 is 1.30. The zero-order valence-electron chi connectivity index (χ0n) is 14.6. The number of benzene rings is 2. The lowest BCUT2D eigenvalue weighted by Gasteiger charge is -2.11. The molecule has 1 atom stereocenters. The number of nitrogens with zero attached hydrogens (tertiary/aromatic N) is 1. The van der Waals surface area contributed by atoms with Gasteiger partial charge in [0.05, 0.1) is 10.8 Å². The van der Waals surface area contributed by atoms with Gasteiger partial charge in [0, 0.05) is 29.8 Å². The molecule has 1 aromatic heterocycles. The normalized spacial score (nSPS) is 16.4. The van der Waals surface area contributed by atoms with E-state index in [0.717, 1.165) is 29.5 Å². The Bertz CT molecular complexity index is 962. The summed E-state index contributed by atoms with van der Waals surface area (Å²) < 4.78 is 10.7. The van der Waals surface area contributed by atoms with Crippen molar-refractivity contribution < 1.29 is 14.3 Å². The second-order valence-electron chi connectivity index (χ2n) is 6.40. The van der Waals surface area contributed by atoms with Gasteiger partial charge in [-0.2, -0.15) is 4.37 Å². The zero-order valence-corrected chi connectivity index (χ0v) is 15.4. The molecule has 0 saturated carbocycles. The molecule has 1 aliphatic heterocycles. The minimum absolute atomic E-state index is 0.112. The van der Waals surface area contributed by atoms with Crippen molar-refractivity contribution in [3.8, 4) is 0 Å². The Balaban J connectivity index is 1.38. The summed E-state index contributed by atoms with van der Waals surface area (Å²) in [4.78, 5) is 24.7. The van der Waals surface area contributed by atoms with Gasteiger partial charge in [0.25, 0.3) is 11.8 Å². The number of amides is 2. The molecular weight excluding hydrogens is 362 g/mol. The van der Waals surface area contributed by atoms with Crippen LogP contribution in [0.1, 0.15) is 33.7 Å². The van der Waals surface area contributed by atoms with Gasteiger partial charge in [-0.25, -0.2) is 0 Å². The largest absolute Gasteiger partial charge is 0.376 e. The van der Waals surface area contributed by atoms with Crippen LogP contribution >= 0.6 is 11.5 Å². The molecule has 27 heavy (non-hydrogen) atoms. The Labute approximate surface area is 160 Å². The fraction of sp³-hybridized carbons (Fsp3) is 0.250. The predicted octanol–water partition coefficient (Wildman–Crippen LogP) is 3.46. The van der Waals surface area contributed by atoms with E-state index < -0.39 is 0 Å². The third-order valence-electron chi connectivity index (χ3n) is 4.51. The summed E-state index contributed by atoms with van der Waals surface area (Å²) in [6, 6.07) is 14.4. The molecule has 0 bridgehead atoms. The van der Waals surface area contributed by atoms with Crippen molar-refractivity contribution in [1.82, 2.24) is 9.69 Å². The number of hydrogen-bond acceptors (Lipinski definition) is 5. The van der Waals surface area contributed by atoms with Gasteiger partial charge in [0.15, 0.2) is 0 Å². The molecule has 2 heterocycles. The van der Waals surface area contributed by atoms with Crippen LogP contribution in [0.15, 0.2) is 48.5 Å². The third-order valence-corrected chi connectivity index (χ3v) is 5.34. The fourth-order valence-electron chi connectivity index (χ4n) is 3.06. The van der Waals surface area contributed by atoms with Crippen LogP contribution < -0.4 is 10.6 Å². The number of fused-ring (bicyclic) bond motifs is 1. The van der Waals surface area contributed by atoms with E-state index >= 15 is 0 Å². The molecule has 2 amide bonds. The first-order chi connectivity index (χ1) is 13.2. The van der Waals surface area contributed by atoms with Crippen LogP contribution in [0, 0.1) is 0 Å². The average molecular weight is 381 g/mol. The SMILES string of the molecule is O=C(NC[C@H]1CCCO1)c1ccc(NC(=O)c2nsc3ccccc23)cc1. The van der Waals surface area contributed by atoms with Gasteiger partial charge >= 0.3 is 0 Å². The molecule has 3 aromatic rings. The van der Waals surface area contributed by atoms with Crippen LogP contribution in [0.2, 0.25) is 0 Å². The Kier molecular flexibility index (Phi) is 5.13. The minimum Gasteiger partial charge on any atom is -0.376 e. The number of aromatic nitrogens is 1. The lowest BCUT2D eigenvalue weighted by Crippen LogP contribution is -2.31. The Hall–Kier alpha value is -2.77.